The van der Waals surface area contributed by atoms with Crippen LogP contribution >= 0.6 is 0 Å². The van der Waals surface area contributed by atoms with E-state index in [1.165, 1.54) is 0 Å². The Morgan fingerprint density at radius 2 is 1.94 bits per heavy atom. The maximum absolute atomic E-state index is 9.52. The van der Waals surface area contributed by atoms with Crippen molar-refractivity contribution in [2.75, 3.05) is 0 Å². The van der Waals surface area contributed by atoms with Gasteiger partial charge in [-0.15, -0.1) is 0 Å². The van der Waals surface area contributed by atoms with E-state index in [1.54, 1.807) is 6.08 Å². The Bertz CT molecular complexity index is 488. The number of rotatable bonds is 2. The molecule has 0 bridgehead atoms. The highest BCUT2D eigenvalue weighted by molar-refractivity contribution is 5.35. The normalized spacial score (nSPS) is 24.6. The minimum atomic E-state index is -0.355. The minimum absolute atomic E-state index is 0.345. The molecule has 1 aromatic rings. The van der Waals surface area contributed by atoms with Crippen molar-refractivity contribution in [1.29, 1.82) is 0 Å². The first-order valence-corrected chi connectivity index (χ1v) is 5.65. The molecule has 1 unspecified atom stereocenters. The van der Waals surface area contributed by atoms with Crippen LogP contribution in [0.15, 0.2) is 64.0 Å². The maximum Gasteiger partial charge on any atom is 0.114 e. The van der Waals surface area contributed by atoms with Crippen LogP contribution in [0.3, 0.4) is 0 Å². The molecule has 1 aliphatic carbocycles. The Morgan fingerprint density at radius 1 is 1.24 bits per heavy atom. The van der Waals surface area contributed by atoms with Crippen LogP contribution in [0.4, 0.5) is 5.69 Å². The number of aliphatic hydroxyl groups excluding tert-OH is 1. The fourth-order valence-electron chi connectivity index (χ4n) is 1.82. The summed E-state index contributed by atoms with van der Waals surface area (Å²) in [6.45, 7) is 3.92. The topological polar surface area (TPSA) is 45.0 Å². The van der Waals surface area contributed by atoms with E-state index in [1.807, 2.05) is 50.3 Å². The van der Waals surface area contributed by atoms with Crippen LogP contribution in [0.2, 0.25) is 0 Å². The maximum atomic E-state index is 9.52. The molecule has 0 saturated carbocycles. The van der Waals surface area contributed by atoms with Gasteiger partial charge in [-0.05, 0) is 37.6 Å². The Balaban J connectivity index is 2.15. The van der Waals surface area contributed by atoms with E-state index in [4.69, 9.17) is 0 Å². The molecule has 0 heterocycles. The zero-order chi connectivity index (χ0) is 12.3. The summed E-state index contributed by atoms with van der Waals surface area (Å²) in [6, 6.07) is 9.65. The van der Waals surface area contributed by atoms with Gasteiger partial charge in [0.25, 0.3) is 0 Å². The molecule has 1 N–H and O–H groups in total. The summed E-state index contributed by atoms with van der Waals surface area (Å²) in [7, 11) is 0. The number of benzene rings is 1. The first-order valence-electron chi connectivity index (χ1n) is 5.65. The molecule has 0 spiro atoms. The van der Waals surface area contributed by atoms with E-state index in [-0.39, 0.29) is 5.54 Å². The number of nitrogens with zero attached hydrogens (tertiary/aromatic N) is 2. The molecule has 3 nitrogen and oxygen atoms in total. The molecule has 2 rings (SSSR count). The number of azo groups is 1. The van der Waals surface area contributed by atoms with Crippen molar-refractivity contribution >= 4 is 5.69 Å². The summed E-state index contributed by atoms with van der Waals surface area (Å²) in [6.07, 6.45) is 4.29. The van der Waals surface area contributed by atoms with E-state index in [2.05, 4.69) is 10.2 Å². The average Bonchev–Trinajstić information content (AvgIpc) is 2.34. The minimum Gasteiger partial charge on any atom is -0.508 e. The fraction of sp³-hybridized carbons (Fsp3) is 0.286. The lowest BCUT2D eigenvalue weighted by Crippen LogP contribution is -2.21. The number of hydrogen-bond donors (Lipinski definition) is 1. The van der Waals surface area contributed by atoms with Gasteiger partial charge in [0.05, 0.1) is 5.69 Å². The third-order valence-electron chi connectivity index (χ3n) is 2.81. The molecule has 0 aliphatic heterocycles. The third-order valence-corrected chi connectivity index (χ3v) is 2.81. The Hall–Kier alpha value is -1.90. The zero-order valence-corrected chi connectivity index (χ0v) is 10.1. The zero-order valence-electron chi connectivity index (χ0n) is 10.1. The Kier molecular flexibility index (Phi) is 3.09. The Labute approximate surface area is 101 Å². The largest absolute Gasteiger partial charge is 0.508 e. The first kappa shape index (κ1) is 11.6. The molecule has 1 aliphatic rings. The second-order valence-electron chi connectivity index (χ2n) is 4.57. The lowest BCUT2D eigenvalue weighted by Gasteiger charge is -2.23. The van der Waals surface area contributed by atoms with Crippen molar-refractivity contribution in [3.05, 3.63) is 53.8 Å². The third kappa shape index (κ3) is 2.81. The molecule has 1 atom stereocenters. The SMILES string of the molecule is CC1=C(O)C=CC(C)(N=Nc2ccccc2)C1. The van der Waals surface area contributed by atoms with Crippen molar-refractivity contribution in [3.8, 4) is 0 Å². The van der Waals surface area contributed by atoms with Gasteiger partial charge in [0.2, 0.25) is 0 Å². The van der Waals surface area contributed by atoms with Crippen molar-refractivity contribution in [1.82, 2.24) is 0 Å². The molecular weight excluding hydrogens is 212 g/mol. The van der Waals surface area contributed by atoms with Gasteiger partial charge in [-0.3, -0.25) is 0 Å². The smallest absolute Gasteiger partial charge is 0.114 e. The number of aliphatic hydroxyl groups is 1. The van der Waals surface area contributed by atoms with Gasteiger partial charge in [0.15, 0.2) is 0 Å². The van der Waals surface area contributed by atoms with E-state index >= 15 is 0 Å². The standard InChI is InChI=1S/C14H16N2O/c1-11-10-14(2,9-8-13(11)17)16-15-12-6-4-3-5-7-12/h3-9,17H,10H2,1-2H3. The van der Waals surface area contributed by atoms with Gasteiger partial charge in [-0.2, -0.15) is 10.2 Å². The highest BCUT2D eigenvalue weighted by Crippen LogP contribution is 2.30. The molecule has 1 aromatic carbocycles. The van der Waals surface area contributed by atoms with Crippen LogP contribution in [0.25, 0.3) is 0 Å². The predicted molar refractivity (Wildman–Crippen MR) is 68.4 cm³/mol. The van der Waals surface area contributed by atoms with E-state index in [9.17, 15) is 5.11 Å². The van der Waals surface area contributed by atoms with Gasteiger partial charge in [0, 0.05) is 6.42 Å². The van der Waals surface area contributed by atoms with Crippen LogP contribution in [0.5, 0.6) is 0 Å². The average molecular weight is 228 g/mol. The summed E-state index contributed by atoms with van der Waals surface area (Å²) < 4.78 is 0. The van der Waals surface area contributed by atoms with Crippen molar-refractivity contribution in [2.45, 2.75) is 25.8 Å². The van der Waals surface area contributed by atoms with Crippen LogP contribution in [0, 0.1) is 0 Å². The monoisotopic (exact) mass is 228 g/mol. The molecule has 0 radical (unpaired) electrons. The van der Waals surface area contributed by atoms with Crippen molar-refractivity contribution < 1.29 is 5.11 Å². The Morgan fingerprint density at radius 3 is 2.59 bits per heavy atom. The van der Waals surface area contributed by atoms with Gasteiger partial charge in [-0.25, -0.2) is 0 Å². The number of allylic oxidation sites excluding steroid dienone is 1. The van der Waals surface area contributed by atoms with Crippen molar-refractivity contribution in [2.24, 2.45) is 10.2 Å². The van der Waals surface area contributed by atoms with Gasteiger partial charge >= 0.3 is 0 Å². The summed E-state index contributed by atoms with van der Waals surface area (Å²) in [5.74, 6) is 0.345. The van der Waals surface area contributed by atoms with Gasteiger partial charge in [0.1, 0.15) is 11.3 Å². The summed E-state index contributed by atoms with van der Waals surface area (Å²) in [4.78, 5) is 0. The van der Waals surface area contributed by atoms with Gasteiger partial charge in [-0.1, -0.05) is 24.3 Å². The predicted octanol–water partition coefficient (Wildman–Crippen LogP) is 4.32. The second-order valence-corrected chi connectivity index (χ2v) is 4.57. The molecule has 88 valence electrons. The molecular formula is C14H16N2O. The van der Waals surface area contributed by atoms with Gasteiger partial charge < -0.3 is 5.11 Å². The quantitative estimate of drug-likeness (QED) is 0.753. The van der Waals surface area contributed by atoms with Crippen LogP contribution < -0.4 is 0 Å². The van der Waals surface area contributed by atoms with Crippen LogP contribution in [-0.2, 0) is 0 Å². The molecule has 3 heteroatoms. The van der Waals surface area contributed by atoms with E-state index < -0.39 is 0 Å². The highest BCUT2D eigenvalue weighted by Gasteiger charge is 2.25. The van der Waals surface area contributed by atoms with Crippen LogP contribution in [0.1, 0.15) is 20.3 Å². The van der Waals surface area contributed by atoms with E-state index in [0.29, 0.717) is 12.2 Å². The molecule has 0 aromatic heterocycles. The van der Waals surface area contributed by atoms with Crippen molar-refractivity contribution in [3.63, 3.8) is 0 Å². The molecule has 0 fully saturated rings. The molecule has 17 heavy (non-hydrogen) atoms. The lowest BCUT2D eigenvalue weighted by atomic mass is 9.89. The van der Waals surface area contributed by atoms with E-state index in [0.717, 1.165) is 11.3 Å². The lowest BCUT2D eigenvalue weighted by molar-refractivity contribution is 0.405. The second kappa shape index (κ2) is 4.53. The summed E-state index contributed by atoms with van der Waals surface area (Å²) in [5.41, 5.74) is 1.44. The number of hydrogen-bond acceptors (Lipinski definition) is 3. The molecule has 0 saturated heterocycles. The fourth-order valence-corrected chi connectivity index (χ4v) is 1.82. The van der Waals surface area contributed by atoms with Crippen LogP contribution in [-0.4, -0.2) is 10.6 Å². The summed E-state index contributed by atoms with van der Waals surface area (Å²) >= 11 is 0. The first-order chi connectivity index (χ1) is 8.09. The summed E-state index contributed by atoms with van der Waals surface area (Å²) in [5, 5.41) is 18.1. The highest BCUT2D eigenvalue weighted by atomic mass is 16.3. The molecule has 0 amide bonds.